The van der Waals surface area contributed by atoms with Crippen molar-refractivity contribution in [3.05, 3.63) is 98.5 Å². The van der Waals surface area contributed by atoms with Gasteiger partial charge in [-0.15, -0.1) is 0 Å². The van der Waals surface area contributed by atoms with E-state index in [0.717, 1.165) is 10.0 Å². The Morgan fingerprint density at radius 1 is 0.971 bits per heavy atom. The van der Waals surface area contributed by atoms with Crippen LogP contribution >= 0.6 is 27.5 Å². The summed E-state index contributed by atoms with van der Waals surface area (Å²) in [7, 11) is 0. The molecule has 1 amide bonds. The number of hydrogen-bond acceptors (Lipinski definition) is 4. The minimum absolute atomic E-state index is 0.0600. The molecule has 3 aromatic carbocycles. The van der Waals surface area contributed by atoms with Crippen molar-refractivity contribution < 1.29 is 19.8 Å². The van der Waals surface area contributed by atoms with Crippen LogP contribution in [0.4, 0.5) is 5.69 Å². The van der Waals surface area contributed by atoms with Gasteiger partial charge in [0.25, 0.3) is 11.7 Å². The van der Waals surface area contributed by atoms with E-state index in [0.29, 0.717) is 16.1 Å². The van der Waals surface area contributed by atoms with Crippen LogP contribution in [0.3, 0.4) is 0 Å². The second-order valence-corrected chi connectivity index (χ2v) is 10.5. The number of ketones is 1. The number of phenolic OH excluding ortho intramolecular Hbond substituents is 1. The van der Waals surface area contributed by atoms with Gasteiger partial charge in [-0.05, 0) is 46.9 Å². The van der Waals surface area contributed by atoms with Crippen LogP contribution in [0, 0.1) is 0 Å². The highest BCUT2D eigenvalue weighted by molar-refractivity contribution is 9.10. The average molecular weight is 541 g/mol. The lowest BCUT2D eigenvalue weighted by atomic mass is 9.85. The molecule has 1 unspecified atom stereocenters. The van der Waals surface area contributed by atoms with Gasteiger partial charge in [0, 0.05) is 15.1 Å². The molecule has 1 aliphatic rings. The first kappa shape index (κ1) is 24.0. The maximum absolute atomic E-state index is 13.2. The van der Waals surface area contributed by atoms with E-state index >= 15 is 0 Å². The minimum Gasteiger partial charge on any atom is -0.507 e. The maximum Gasteiger partial charge on any atom is 0.300 e. The molecule has 1 fully saturated rings. The van der Waals surface area contributed by atoms with Gasteiger partial charge < -0.3 is 10.2 Å². The first-order valence-electron chi connectivity index (χ1n) is 10.6. The highest BCUT2D eigenvalue weighted by Crippen LogP contribution is 2.45. The number of aromatic hydroxyl groups is 1. The Kier molecular flexibility index (Phi) is 6.32. The van der Waals surface area contributed by atoms with Gasteiger partial charge in [0.2, 0.25) is 0 Å². The van der Waals surface area contributed by atoms with E-state index in [1.807, 2.05) is 24.3 Å². The van der Waals surface area contributed by atoms with Gasteiger partial charge in [-0.2, -0.15) is 0 Å². The summed E-state index contributed by atoms with van der Waals surface area (Å²) in [4.78, 5) is 27.7. The van der Waals surface area contributed by atoms with E-state index < -0.39 is 17.7 Å². The number of benzene rings is 3. The molecule has 0 aromatic heterocycles. The third-order valence-corrected chi connectivity index (χ3v) is 6.62. The molecule has 0 aliphatic carbocycles. The van der Waals surface area contributed by atoms with Gasteiger partial charge >= 0.3 is 0 Å². The van der Waals surface area contributed by atoms with Crippen LogP contribution < -0.4 is 4.90 Å². The van der Waals surface area contributed by atoms with Crippen molar-refractivity contribution in [1.29, 1.82) is 0 Å². The van der Waals surface area contributed by atoms with Crippen molar-refractivity contribution in [2.24, 2.45) is 0 Å². The number of rotatable bonds is 3. The van der Waals surface area contributed by atoms with Crippen molar-refractivity contribution in [2.45, 2.75) is 32.2 Å². The Hall–Kier alpha value is -3.09. The summed E-state index contributed by atoms with van der Waals surface area (Å²) in [6, 6.07) is 17.7. The summed E-state index contributed by atoms with van der Waals surface area (Å²) in [6.45, 7) is 6.27. The van der Waals surface area contributed by atoms with Crippen LogP contribution in [-0.2, 0) is 15.0 Å². The highest BCUT2D eigenvalue weighted by atomic mass is 79.9. The molecule has 0 saturated carbocycles. The second kappa shape index (κ2) is 8.93. The smallest absolute Gasteiger partial charge is 0.300 e. The van der Waals surface area contributed by atoms with Crippen molar-refractivity contribution in [3.8, 4) is 5.75 Å². The van der Waals surface area contributed by atoms with Crippen LogP contribution in [0.25, 0.3) is 5.76 Å². The largest absolute Gasteiger partial charge is 0.507 e. The van der Waals surface area contributed by atoms with Crippen LogP contribution in [0.5, 0.6) is 5.75 Å². The molecule has 1 heterocycles. The average Bonchev–Trinajstić information content (AvgIpc) is 3.05. The normalized spacial score (nSPS) is 17.9. The van der Waals surface area contributed by atoms with Gasteiger partial charge in [0.15, 0.2) is 0 Å². The zero-order valence-electron chi connectivity index (χ0n) is 18.8. The number of aliphatic hydroxyl groups excluding tert-OH is 1. The lowest BCUT2D eigenvalue weighted by Gasteiger charge is -2.27. The second-order valence-electron chi connectivity index (χ2n) is 9.18. The third-order valence-electron chi connectivity index (χ3n) is 5.85. The molecule has 0 spiro atoms. The zero-order chi connectivity index (χ0) is 24.8. The van der Waals surface area contributed by atoms with E-state index in [2.05, 4.69) is 36.7 Å². The Labute approximate surface area is 211 Å². The molecule has 2 N–H and O–H groups in total. The lowest BCUT2D eigenvalue weighted by molar-refractivity contribution is -0.132. The number of carbonyl (C=O) groups excluding carboxylic acids is 2. The number of carbonyl (C=O) groups is 2. The van der Waals surface area contributed by atoms with Crippen molar-refractivity contribution in [3.63, 3.8) is 0 Å². The number of halogens is 2. The number of Topliss-reactive ketones (excluding diaryl/α,β-unsaturated/α-hetero) is 1. The SMILES string of the molecule is CC(C)(C)c1ccc(C2/C(=C(\O)c3ccc(Br)cc3)C(=O)C(=O)N2c2cc(Cl)ccc2O)cc1. The first-order valence-corrected chi connectivity index (χ1v) is 11.8. The topological polar surface area (TPSA) is 77.8 Å². The van der Waals surface area contributed by atoms with E-state index in [4.69, 9.17) is 11.6 Å². The number of amides is 1. The van der Waals surface area contributed by atoms with Gasteiger partial charge in [-0.3, -0.25) is 14.5 Å². The minimum atomic E-state index is -0.956. The molecular weight excluding hydrogens is 518 g/mol. The number of phenols is 1. The number of anilines is 1. The highest BCUT2D eigenvalue weighted by Gasteiger charge is 2.47. The van der Waals surface area contributed by atoms with Crippen LogP contribution in [0.15, 0.2) is 76.8 Å². The molecule has 4 rings (SSSR count). The zero-order valence-corrected chi connectivity index (χ0v) is 21.2. The monoisotopic (exact) mass is 539 g/mol. The van der Waals surface area contributed by atoms with Crippen molar-refractivity contribution in [2.75, 3.05) is 4.90 Å². The number of nitrogens with zero attached hydrogens (tertiary/aromatic N) is 1. The van der Waals surface area contributed by atoms with Gasteiger partial charge in [0.05, 0.1) is 17.3 Å². The summed E-state index contributed by atoms with van der Waals surface area (Å²) < 4.78 is 0.808. The van der Waals surface area contributed by atoms with Gasteiger partial charge in [-0.25, -0.2) is 0 Å². The van der Waals surface area contributed by atoms with E-state index in [9.17, 15) is 19.8 Å². The maximum atomic E-state index is 13.2. The Bertz CT molecular complexity index is 1310. The molecule has 3 aromatic rings. The summed E-state index contributed by atoms with van der Waals surface area (Å²) in [5, 5.41) is 22.0. The fraction of sp³-hybridized carbons (Fsp3) is 0.185. The Balaban J connectivity index is 1.96. The molecule has 7 heteroatoms. The predicted octanol–water partition coefficient (Wildman–Crippen LogP) is 6.73. The van der Waals surface area contributed by atoms with Gasteiger partial charge in [0.1, 0.15) is 11.5 Å². The standard InChI is InChI=1S/C27H23BrClNO4/c1-27(2,3)17-8-4-15(5-9-17)23-22(24(32)16-6-10-18(28)11-7-16)25(33)26(34)30(23)20-14-19(29)12-13-21(20)31/h4-14,23,31-32H,1-3H3/b24-22+. The fourth-order valence-electron chi connectivity index (χ4n) is 4.01. The summed E-state index contributed by atoms with van der Waals surface area (Å²) in [5.74, 6) is -2.20. The van der Waals surface area contributed by atoms with Crippen molar-refractivity contribution >= 4 is 50.7 Å². The Morgan fingerprint density at radius 2 is 1.59 bits per heavy atom. The molecular formula is C27H23BrClNO4. The Morgan fingerprint density at radius 3 is 2.18 bits per heavy atom. The van der Waals surface area contributed by atoms with E-state index in [-0.39, 0.29) is 28.2 Å². The molecule has 1 aliphatic heterocycles. The summed E-state index contributed by atoms with van der Waals surface area (Å²) >= 11 is 9.51. The fourth-order valence-corrected chi connectivity index (χ4v) is 4.45. The summed E-state index contributed by atoms with van der Waals surface area (Å²) in [6.07, 6.45) is 0. The molecule has 174 valence electrons. The molecule has 34 heavy (non-hydrogen) atoms. The molecule has 5 nitrogen and oxygen atoms in total. The molecule has 1 saturated heterocycles. The quantitative estimate of drug-likeness (QED) is 0.219. The van der Waals surface area contributed by atoms with Crippen LogP contribution in [0.2, 0.25) is 5.02 Å². The first-order chi connectivity index (χ1) is 16.0. The van der Waals surface area contributed by atoms with E-state index in [1.165, 1.54) is 23.1 Å². The third kappa shape index (κ3) is 4.36. The van der Waals surface area contributed by atoms with Crippen molar-refractivity contribution in [1.82, 2.24) is 0 Å². The van der Waals surface area contributed by atoms with Crippen LogP contribution in [0.1, 0.15) is 43.5 Å². The number of aliphatic hydroxyl groups is 1. The summed E-state index contributed by atoms with van der Waals surface area (Å²) in [5.41, 5.74) is 2.03. The lowest BCUT2D eigenvalue weighted by Crippen LogP contribution is -2.29. The predicted molar refractivity (Wildman–Crippen MR) is 137 cm³/mol. The van der Waals surface area contributed by atoms with Crippen LogP contribution in [-0.4, -0.2) is 21.9 Å². The molecule has 0 radical (unpaired) electrons. The van der Waals surface area contributed by atoms with Gasteiger partial charge in [-0.1, -0.05) is 84.7 Å². The number of hydrogen-bond donors (Lipinski definition) is 2. The molecule has 1 atom stereocenters. The van der Waals surface area contributed by atoms with E-state index in [1.54, 1.807) is 24.3 Å². The molecule has 0 bridgehead atoms.